The van der Waals surface area contributed by atoms with Gasteiger partial charge in [0.25, 0.3) is 0 Å². The number of hydrogen-bond donors (Lipinski definition) is 1. The average molecular weight is 255 g/mol. The highest BCUT2D eigenvalue weighted by molar-refractivity contribution is 5.85. The zero-order valence-electron chi connectivity index (χ0n) is 11.4. The third kappa shape index (κ3) is 2.37. The number of nitrogens with zero attached hydrogens (tertiary/aromatic N) is 1. The monoisotopic (exact) mass is 255 g/mol. The minimum atomic E-state index is -0.331. The van der Waals surface area contributed by atoms with Gasteiger partial charge in [0.05, 0.1) is 6.10 Å². The molecule has 0 aliphatic heterocycles. The second kappa shape index (κ2) is 5.30. The lowest BCUT2D eigenvalue weighted by atomic mass is 9.90. The minimum Gasteiger partial charge on any atom is -0.388 e. The molecular weight excluding hydrogens is 234 g/mol. The first-order chi connectivity index (χ1) is 9.29. The van der Waals surface area contributed by atoms with Gasteiger partial charge in [-0.25, -0.2) is 0 Å². The topological polar surface area (TPSA) is 33.1 Å². The molecule has 0 spiro atoms. The van der Waals surface area contributed by atoms with E-state index in [9.17, 15) is 5.11 Å². The average Bonchev–Trinajstić information content (AvgIpc) is 2.95. The molecule has 1 aliphatic rings. The van der Waals surface area contributed by atoms with Crippen molar-refractivity contribution in [2.24, 2.45) is 11.8 Å². The van der Waals surface area contributed by atoms with E-state index in [1.165, 1.54) is 19.3 Å². The van der Waals surface area contributed by atoms with Crippen LogP contribution < -0.4 is 0 Å². The zero-order chi connectivity index (χ0) is 13.2. The van der Waals surface area contributed by atoms with Crippen LogP contribution in [0.25, 0.3) is 10.8 Å². The molecule has 0 amide bonds. The summed E-state index contributed by atoms with van der Waals surface area (Å²) in [5, 5.41) is 13.0. The van der Waals surface area contributed by atoms with Gasteiger partial charge in [-0.3, -0.25) is 4.98 Å². The van der Waals surface area contributed by atoms with Crippen LogP contribution in [0.3, 0.4) is 0 Å². The smallest absolute Gasteiger partial charge is 0.0824 e. The van der Waals surface area contributed by atoms with Crippen LogP contribution in [-0.4, -0.2) is 10.1 Å². The lowest BCUT2D eigenvalue weighted by Gasteiger charge is -2.20. The van der Waals surface area contributed by atoms with Gasteiger partial charge >= 0.3 is 0 Å². The van der Waals surface area contributed by atoms with Gasteiger partial charge in [0.15, 0.2) is 0 Å². The Morgan fingerprint density at radius 2 is 2.21 bits per heavy atom. The molecular formula is C17H21NO. The minimum absolute atomic E-state index is 0.331. The second-order valence-electron chi connectivity index (χ2n) is 5.74. The van der Waals surface area contributed by atoms with E-state index in [0.29, 0.717) is 5.92 Å². The first-order valence-corrected chi connectivity index (χ1v) is 7.30. The van der Waals surface area contributed by atoms with Crippen molar-refractivity contribution in [1.82, 2.24) is 4.98 Å². The van der Waals surface area contributed by atoms with Crippen molar-refractivity contribution < 1.29 is 5.11 Å². The van der Waals surface area contributed by atoms with E-state index in [0.717, 1.165) is 28.7 Å². The first kappa shape index (κ1) is 12.6. The summed E-state index contributed by atoms with van der Waals surface area (Å²) in [6.45, 7) is 2.25. The van der Waals surface area contributed by atoms with E-state index in [-0.39, 0.29) is 6.10 Å². The highest BCUT2D eigenvalue weighted by Crippen LogP contribution is 2.41. The summed E-state index contributed by atoms with van der Waals surface area (Å²) < 4.78 is 0. The van der Waals surface area contributed by atoms with Crippen LogP contribution in [0.5, 0.6) is 0 Å². The molecule has 1 aromatic carbocycles. The molecule has 0 radical (unpaired) electrons. The van der Waals surface area contributed by atoms with Crippen LogP contribution in [0.15, 0.2) is 36.7 Å². The number of benzene rings is 1. The highest BCUT2D eigenvalue weighted by Gasteiger charge is 2.30. The third-order valence-corrected chi connectivity index (χ3v) is 4.64. The van der Waals surface area contributed by atoms with Gasteiger partial charge in [-0.05, 0) is 41.7 Å². The van der Waals surface area contributed by atoms with Gasteiger partial charge in [-0.1, -0.05) is 38.0 Å². The fraction of sp³-hybridized carbons (Fsp3) is 0.471. The van der Waals surface area contributed by atoms with Gasteiger partial charge in [0, 0.05) is 17.8 Å². The zero-order valence-corrected chi connectivity index (χ0v) is 11.4. The van der Waals surface area contributed by atoms with Crippen molar-refractivity contribution in [2.45, 2.75) is 38.7 Å². The molecule has 2 nitrogen and oxygen atoms in total. The molecule has 0 saturated heterocycles. The Morgan fingerprint density at radius 3 is 3.00 bits per heavy atom. The molecule has 100 valence electrons. The molecule has 1 fully saturated rings. The SMILES string of the molecule is CCC1CCC(C(O)c2cccc3cnccc23)C1. The molecule has 2 heteroatoms. The number of aliphatic hydroxyl groups excluding tert-OH is 1. The number of rotatable bonds is 3. The largest absolute Gasteiger partial charge is 0.388 e. The second-order valence-corrected chi connectivity index (χ2v) is 5.74. The maximum absolute atomic E-state index is 10.7. The predicted molar refractivity (Wildman–Crippen MR) is 77.8 cm³/mol. The molecule has 19 heavy (non-hydrogen) atoms. The summed E-state index contributed by atoms with van der Waals surface area (Å²) in [4.78, 5) is 4.15. The van der Waals surface area contributed by atoms with Crippen molar-refractivity contribution in [3.8, 4) is 0 Å². The third-order valence-electron chi connectivity index (χ3n) is 4.64. The molecule has 2 aromatic rings. The summed E-state index contributed by atoms with van der Waals surface area (Å²) in [7, 11) is 0. The van der Waals surface area contributed by atoms with Gasteiger partial charge in [-0.2, -0.15) is 0 Å². The predicted octanol–water partition coefficient (Wildman–Crippen LogP) is 4.09. The molecule has 1 N–H and O–H groups in total. The van der Waals surface area contributed by atoms with E-state index in [1.54, 1.807) is 0 Å². The van der Waals surface area contributed by atoms with Gasteiger partial charge in [0.2, 0.25) is 0 Å². The Hall–Kier alpha value is -1.41. The van der Waals surface area contributed by atoms with Crippen molar-refractivity contribution in [3.05, 3.63) is 42.2 Å². The van der Waals surface area contributed by atoms with Crippen LogP contribution in [0.4, 0.5) is 0 Å². The van der Waals surface area contributed by atoms with Crippen LogP contribution in [-0.2, 0) is 0 Å². The summed E-state index contributed by atoms with van der Waals surface area (Å²) >= 11 is 0. The van der Waals surface area contributed by atoms with E-state index in [4.69, 9.17) is 0 Å². The Labute approximate surface area is 114 Å². The van der Waals surface area contributed by atoms with Crippen molar-refractivity contribution >= 4 is 10.8 Å². The van der Waals surface area contributed by atoms with Crippen LogP contribution in [0, 0.1) is 11.8 Å². The van der Waals surface area contributed by atoms with Crippen molar-refractivity contribution in [1.29, 1.82) is 0 Å². The summed E-state index contributed by atoms with van der Waals surface area (Å²) in [6.07, 6.45) is 8.17. The molecule has 3 unspecified atom stereocenters. The lowest BCUT2D eigenvalue weighted by Crippen LogP contribution is -2.10. The maximum atomic E-state index is 10.7. The Bertz CT molecular complexity index is 561. The molecule has 3 atom stereocenters. The van der Waals surface area contributed by atoms with E-state index < -0.39 is 0 Å². The quantitative estimate of drug-likeness (QED) is 0.896. The fourth-order valence-electron chi connectivity index (χ4n) is 3.43. The van der Waals surface area contributed by atoms with E-state index >= 15 is 0 Å². The van der Waals surface area contributed by atoms with Crippen LogP contribution in [0.1, 0.15) is 44.3 Å². The van der Waals surface area contributed by atoms with Crippen LogP contribution >= 0.6 is 0 Å². The lowest BCUT2D eigenvalue weighted by molar-refractivity contribution is 0.110. The molecule has 1 saturated carbocycles. The molecule has 1 aromatic heterocycles. The number of fused-ring (bicyclic) bond motifs is 1. The summed E-state index contributed by atoms with van der Waals surface area (Å²) in [6, 6.07) is 8.16. The van der Waals surface area contributed by atoms with E-state index in [2.05, 4.69) is 24.0 Å². The molecule has 0 bridgehead atoms. The Kier molecular flexibility index (Phi) is 3.52. The standard InChI is InChI=1S/C17H21NO/c1-2-12-6-7-13(10-12)17(19)16-5-3-4-14-11-18-9-8-15(14)16/h3-5,8-9,11-13,17,19H,2,6-7,10H2,1H3. The highest BCUT2D eigenvalue weighted by atomic mass is 16.3. The number of aliphatic hydroxyl groups is 1. The summed E-state index contributed by atoms with van der Waals surface area (Å²) in [5.74, 6) is 1.22. The van der Waals surface area contributed by atoms with Gasteiger partial charge in [0.1, 0.15) is 0 Å². The fourth-order valence-corrected chi connectivity index (χ4v) is 3.43. The molecule has 1 aliphatic carbocycles. The van der Waals surface area contributed by atoms with Crippen molar-refractivity contribution in [2.75, 3.05) is 0 Å². The normalized spacial score (nSPS) is 24.7. The first-order valence-electron chi connectivity index (χ1n) is 7.30. The number of hydrogen-bond acceptors (Lipinski definition) is 2. The molecule has 1 heterocycles. The van der Waals surface area contributed by atoms with Gasteiger partial charge < -0.3 is 5.11 Å². The number of aromatic nitrogens is 1. The number of pyridine rings is 1. The van der Waals surface area contributed by atoms with Crippen molar-refractivity contribution in [3.63, 3.8) is 0 Å². The molecule has 3 rings (SSSR count). The Morgan fingerprint density at radius 1 is 1.32 bits per heavy atom. The van der Waals surface area contributed by atoms with Gasteiger partial charge in [-0.15, -0.1) is 0 Å². The maximum Gasteiger partial charge on any atom is 0.0824 e. The Balaban J connectivity index is 1.92. The summed E-state index contributed by atoms with van der Waals surface area (Å²) in [5.41, 5.74) is 1.07. The van der Waals surface area contributed by atoms with Crippen LogP contribution in [0.2, 0.25) is 0 Å². The van der Waals surface area contributed by atoms with E-state index in [1.807, 2.05) is 24.5 Å².